The van der Waals surface area contributed by atoms with Crippen molar-refractivity contribution in [1.29, 1.82) is 5.26 Å². The fourth-order valence-electron chi connectivity index (χ4n) is 1.85. The number of nitrogens with two attached hydrogens (primary N) is 1. The van der Waals surface area contributed by atoms with Gasteiger partial charge >= 0.3 is 0 Å². The van der Waals surface area contributed by atoms with Crippen molar-refractivity contribution in [2.24, 2.45) is 11.7 Å². The van der Waals surface area contributed by atoms with Crippen molar-refractivity contribution >= 4 is 5.69 Å². The van der Waals surface area contributed by atoms with Crippen molar-refractivity contribution in [3.05, 3.63) is 23.8 Å². The lowest BCUT2D eigenvalue weighted by molar-refractivity contribution is 0.414. The number of hydrogen-bond acceptors (Lipinski definition) is 4. The van der Waals surface area contributed by atoms with Crippen LogP contribution in [-0.4, -0.2) is 26.7 Å². The average molecular weight is 261 g/mol. The number of nitriles is 1. The highest BCUT2D eigenvalue weighted by molar-refractivity contribution is 5.61. The topological polar surface area (TPSA) is 62.3 Å². The van der Waals surface area contributed by atoms with Crippen LogP contribution in [0.1, 0.15) is 25.8 Å². The molecule has 0 aromatic heterocycles. The summed E-state index contributed by atoms with van der Waals surface area (Å²) in [4.78, 5) is 2.06. The molecule has 1 aromatic rings. The summed E-state index contributed by atoms with van der Waals surface area (Å²) in [5.41, 5.74) is 7.59. The molecule has 0 saturated heterocycles. The Morgan fingerprint density at radius 2 is 2.11 bits per heavy atom. The maximum Gasteiger partial charge on any atom is 0.121 e. The van der Waals surface area contributed by atoms with E-state index >= 15 is 0 Å². The molecule has 1 atom stereocenters. The lowest BCUT2D eigenvalue weighted by atomic mass is 10.0. The summed E-state index contributed by atoms with van der Waals surface area (Å²) in [6.07, 6.45) is 0.899. The number of benzene rings is 1. The van der Waals surface area contributed by atoms with Crippen molar-refractivity contribution in [2.45, 2.75) is 26.3 Å². The van der Waals surface area contributed by atoms with Gasteiger partial charge in [0, 0.05) is 25.7 Å². The molecule has 0 bridgehead atoms. The molecule has 0 radical (unpaired) electrons. The van der Waals surface area contributed by atoms with Crippen LogP contribution in [-0.2, 0) is 0 Å². The quantitative estimate of drug-likeness (QED) is 0.854. The van der Waals surface area contributed by atoms with E-state index in [1.165, 1.54) is 0 Å². The minimum absolute atomic E-state index is 0.179. The van der Waals surface area contributed by atoms with E-state index in [2.05, 4.69) is 24.8 Å². The molecule has 19 heavy (non-hydrogen) atoms. The summed E-state index contributed by atoms with van der Waals surface area (Å²) in [7, 11) is 3.60. The standard InChI is InChI=1S/C15H23N3O/c1-11(2)14(17)7-8-18(3)15-9-13(19-4)6-5-12(15)10-16/h5-6,9,11,14H,7-8,17H2,1-4H3. The Morgan fingerprint density at radius 3 is 2.63 bits per heavy atom. The second kappa shape index (κ2) is 7.01. The molecule has 0 fully saturated rings. The number of rotatable bonds is 6. The van der Waals surface area contributed by atoms with E-state index < -0.39 is 0 Å². The molecule has 0 saturated carbocycles. The molecule has 104 valence electrons. The molecule has 2 N–H and O–H groups in total. The Kier molecular flexibility index (Phi) is 5.65. The fraction of sp³-hybridized carbons (Fsp3) is 0.533. The summed E-state index contributed by atoms with van der Waals surface area (Å²) in [6.45, 7) is 5.06. The number of ether oxygens (including phenoxy) is 1. The highest BCUT2D eigenvalue weighted by Crippen LogP contribution is 2.25. The molecule has 0 aliphatic rings. The zero-order chi connectivity index (χ0) is 14.4. The molecule has 0 aliphatic carbocycles. The number of anilines is 1. The molecule has 1 rings (SSSR count). The normalized spacial score (nSPS) is 12.1. The summed E-state index contributed by atoms with van der Waals surface area (Å²) < 4.78 is 5.21. The van der Waals surface area contributed by atoms with Gasteiger partial charge in [-0.25, -0.2) is 0 Å². The average Bonchev–Trinajstić information content (AvgIpc) is 2.43. The third-order valence-corrected chi connectivity index (χ3v) is 3.39. The van der Waals surface area contributed by atoms with Crippen molar-refractivity contribution in [3.8, 4) is 11.8 Å². The first kappa shape index (κ1) is 15.3. The first-order valence-corrected chi connectivity index (χ1v) is 6.54. The van der Waals surface area contributed by atoms with Gasteiger partial charge < -0.3 is 15.4 Å². The molecule has 4 nitrogen and oxygen atoms in total. The van der Waals surface area contributed by atoms with E-state index in [1.54, 1.807) is 19.2 Å². The van der Waals surface area contributed by atoms with Crippen LogP contribution in [0.5, 0.6) is 5.75 Å². The molecule has 0 heterocycles. The van der Waals surface area contributed by atoms with Crippen LogP contribution in [0.25, 0.3) is 0 Å². The zero-order valence-electron chi connectivity index (χ0n) is 12.2. The Bertz CT molecular complexity index is 451. The molecular weight excluding hydrogens is 238 g/mol. The Morgan fingerprint density at radius 1 is 1.42 bits per heavy atom. The van der Waals surface area contributed by atoms with Gasteiger partial charge in [-0.05, 0) is 24.5 Å². The van der Waals surface area contributed by atoms with Crippen LogP contribution in [0.15, 0.2) is 18.2 Å². The van der Waals surface area contributed by atoms with E-state index in [-0.39, 0.29) is 6.04 Å². The maximum atomic E-state index is 9.15. The van der Waals surface area contributed by atoms with Gasteiger partial charge in [-0.1, -0.05) is 13.8 Å². The summed E-state index contributed by atoms with van der Waals surface area (Å²) in [5, 5.41) is 9.15. The van der Waals surface area contributed by atoms with E-state index in [0.717, 1.165) is 24.4 Å². The monoisotopic (exact) mass is 261 g/mol. The Balaban J connectivity index is 2.80. The molecule has 0 aliphatic heterocycles. The van der Waals surface area contributed by atoms with Gasteiger partial charge in [-0.2, -0.15) is 5.26 Å². The van der Waals surface area contributed by atoms with Gasteiger partial charge in [0.25, 0.3) is 0 Å². The van der Waals surface area contributed by atoms with Gasteiger partial charge in [-0.3, -0.25) is 0 Å². The predicted octanol–water partition coefficient (Wildman–Crippen LogP) is 2.38. The first-order chi connectivity index (χ1) is 8.99. The van der Waals surface area contributed by atoms with E-state index in [4.69, 9.17) is 15.7 Å². The van der Waals surface area contributed by atoms with E-state index in [1.807, 2.05) is 13.1 Å². The molecule has 0 spiro atoms. The molecule has 4 heteroatoms. The molecule has 1 unspecified atom stereocenters. The van der Waals surface area contributed by atoms with Crippen molar-refractivity contribution in [1.82, 2.24) is 0 Å². The van der Waals surface area contributed by atoms with E-state index in [9.17, 15) is 0 Å². The van der Waals surface area contributed by atoms with Crippen LogP contribution in [0.4, 0.5) is 5.69 Å². The van der Waals surface area contributed by atoms with Crippen molar-refractivity contribution < 1.29 is 4.74 Å². The van der Waals surface area contributed by atoms with Crippen LogP contribution in [0, 0.1) is 17.2 Å². The highest BCUT2D eigenvalue weighted by atomic mass is 16.5. The second-order valence-corrected chi connectivity index (χ2v) is 5.11. The summed E-state index contributed by atoms with van der Waals surface area (Å²) >= 11 is 0. The van der Waals surface area contributed by atoms with Crippen molar-refractivity contribution in [3.63, 3.8) is 0 Å². The van der Waals surface area contributed by atoms with Crippen LogP contribution in [0.2, 0.25) is 0 Å². The summed E-state index contributed by atoms with van der Waals surface area (Å²) in [6, 6.07) is 7.86. The fourth-order valence-corrected chi connectivity index (χ4v) is 1.85. The lowest BCUT2D eigenvalue weighted by Gasteiger charge is -2.24. The SMILES string of the molecule is COc1ccc(C#N)c(N(C)CCC(N)C(C)C)c1. The Labute approximate surface area is 115 Å². The van der Waals surface area contributed by atoms with Gasteiger partial charge in [-0.15, -0.1) is 0 Å². The van der Waals surface area contributed by atoms with Gasteiger partial charge in [0.05, 0.1) is 18.4 Å². The number of hydrogen-bond donors (Lipinski definition) is 1. The van der Waals surface area contributed by atoms with Crippen LogP contribution in [0.3, 0.4) is 0 Å². The number of nitrogens with zero attached hydrogens (tertiary/aromatic N) is 2. The Hall–Kier alpha value is -1.73. The largest absolute Gasteiger partial charge is 0.497 e. The highest BCUT2D eigenvalue weighted by Gasteiger charge is 2.12. The van der Waals surface area contributed by atoms with Gasteiger partial charge in [0.2, 0.25) is 0 Å². The molecular formula is C15H23N3O. The van der Waals surface area contributed by atoms with Gasteiger partial charge in [0.1, 0.15) is 11.8 Å². The maximum absolute atomic E-state index is 9.15. The number of methoxy groups -OCH3 is 1. The smallest absolute Gasteiger partial charge is 0.121 e. The van der Waals surface area contributed by atoms with Crippen LogP contribution < -0.4 is 15.4 Å². The third-order valence-electron chi connectivity index (χ3n) is 3.39. The van der Waals surface area contributed by atoms with Gasteiger partial charge in [0.15, 0.2) is 0 Å². The third kappa shape index (κ3) is 4.15. The first-order valence-electron chi connectivity index (χ1n) is 6.54. The van der Waals surface area contributed by atoms with Crippen molar-refractivity contribution in [2.75, 3.05) is 25.6 Å². The van der Waals surface area contributed by atoms with Crippen LogP contribution >= 0.6 is 0 Å². The minimum Gasteiger partial charge on any atom is -0.497 e. The van der Waals surface area contributed by atoms with E-state index in [0.29, 0.717) is 11.5 Å². The zero-order valence-corrected chi connectivity index (χ0v) is 12.2. The summed E-state index contributed by atoms with van der Waals surface area (Å²) in [5.74, 6) is 1.23. The second-order valence-electron chi connectivity index (χ2n) is 5.11. The lowest BCUT2D eigenvalue weighted by Crippen LogP contribution is -2.32. The minimum atomic E-state index is 0.179. The predicted molar refractivity (Wildman–Crippen MR) is 78.4 cm³/mol. The molecule has 1 aromatic carbocycles. The molecule has 0 amide bonds.